The highest BCUT2D eigenvalue weighted by Gasteiger charge is 2.51. The minimum Gasteiger partial charge on any atom is -0.456 e. The van der Waals surface area contributed by atoms with Gasteiger partial charge in [-0.3, -0.25) is 19.2 Å². The first-order valence-electron chi connectivity index (χ1n) is 9.36. The van der Waals surface area contributed by atoms with Crippen LogP contribution in [0, 0.1) is 11.8 Å². The van der Waals surface area contributed by atoms with Crippen LogP contribution < -0.4 is 10.6 Å². The highest BCUT2D eigenvalue weighted by atomic mass is 16.7. The third-order valence-electron chi connectivity index (χ3n) is 4.39. The molecule has 0 radical (unpaired) electrons. The number of rotatable bonds is 8. The van der Waals surface area contributed by atoms with Crippen molar-refractivity contribution >= 4 is 23.8 Å². The number of carbonyl (C=O) groups is 4. The van der Waals surface area contributed by atoms with Crippen molar-refractivity contribution in [3.8, 4) is 0 Å². The zero-order chi connectivity index (χ0) is 20.8. The monoisotopic (exact) mass is 400 g/mol. The minimum atomic E-state index is -0.641. The van der Waals surface area contributed by atoms with Gasteiger partial charge in [0.25, 0.3) is 0 Å². The van der Waals surface area contributed by atoms with Crippen LogP contribution in [-0.4, -0.2) is 74.5 Å². The quantitative estimate of drug-likeness (QED) is 0.504. The summed E-state index contributed by atoms with van der Waals surface area (Å²) >= 11 is 0. The standard InChI is InChI=1S/C18H28N2O8/c1-9(2)17(23)19-5-13(21)27-11-7-25-16-12(8-26-15(11)16)28-14(22)6-20-18(24)10(3)4/h9-12,15-16H,5-8H2,1-4H3,(H,19,23)(H,20,24)/t11-,12-,15-,16-/m1/s1. The number of esters is 2. The Bertz CT molecular complexity index is 554. The molecule has 28 heavy (non-hydrogen) atoms. The largest absolute Gasteiger partial charge is 0.456 e. The molecule has 0 bridgehead atoms. The van der Waals surface area contributed by atoms with Crippen LogP contribution in [0.5, 0.6) is 0 Å². The van der Waals surface area contributed by atoms with Crippen LogP contribution in [-0.2, 0) is 38.1 Å². The third kappa shape index (κ3) is 5.90. The maximum Gasteiger partial charge on any atom is 0.325 e. The first-order chi connectivity index (χ1) is 13.2. The van der Waals surface area contributed by atoms with E-state index in [-0.39, 0.29) is 50.0 Å². The van der Waals surface area contributed by atoms with Crippen LogP contribution in [0.2, 0.25) is 0 Å². The van der Waals surface area contributed by atoms with Crippen molar-refractivity contribution in [3.63, 3.8) is 0 Å². The van der Waals surface area contributed by atoms with Gasteiger partial charge in [0, 0.05) is 11.8 Å². The van der Waals surface area contributed by atoms with Crippen LogP contribution in [0.25, 0.3) is 0 Å². The van der Waals surface area contributed by atoms with E-state index < -0.39 is 36.4 Å². The first kappa shape index (κ1) is 22.1. The number of nitrogens with one attached hydrogen (secondary N) is 2. The number of hydrogen-bond donors (Lipinski definition) is 2. The summed E-state index contributed by atoms with van der Waals surface area (Å²) in [6, 6.07) is 0. The van der Waals surface area contributed by atoms with Gasteiger partial charge in [-0.15, -0.1) is 0 Å². The predicted octanol–water partition coefficient (Wildman–Crippen LogP) is -0.848. The molecule has 0 spiro atoms. The molecule has 0 aromatic carbocycles. The Morgan fingerprint density at radius 1 is 0.786 bits per heavy atom. The average molecular weight is 400 g/mol. The number of amides is 2. The van der Waals surface area contributed by atoms with E-state index in [0.29, 0.717) is 0 Å². The van der Waals surface area contributed by atoms with Gasteiger partial charge in [-0.2, -0.15) is 0 Å². The van der Waals surface area contributed by atoms with E-state index in [1.807, 2.05) is 0 Å². The molecule has 0 aromatic heterocycles. The molecular formula is C18H28N2O8. The summed E-state index contributed by atoms with van der Waals surface area (Å²) in [5.74, 6) is -2.14. The number of hydrogen-bond acceptors (Lipinski definition) is 8. The summed E-state index contributed by atoms with van der Waals surface area (Å²) < 4.78 is 21.8. The first-order valence-corrected chi connectivity index (χ1v) is 9.36. The lowest BCUT2D eigenvalue weighted by Gasteiger charge is -2.17. The lowest BCUT2D eigenvalue weighted by Crippen LogP contribution is -2.40. The third-order valence-corrected chi connectivity index (χ3v) is 4.39. The van der Waals surface area contributed by atoms with E-state index in [1.54, 1.807) is 27.7 Å². The van der Waals surface area contributed by atoms with Crippen LogP contribution in [0.15, 0.2) is 0 Å². The van der Waals surface area contributed by atoms with Gasteiger partial charge in [0.15, 0.2) is 12.2 Å². The van der Waals surface area contributed by atoms with Gasteiger partial charge in [-0.25, -0.2) is 0 Å². The van der Waals surface area contributed by atoms with Crippen molar-refractivity contribution in [2.24, 2.45) is 11.8 Å². The summed E-state index contributed by atoms with van der Waals surface area (Å²) in [5.41, 5.74) is 0. The van der Waals surface area contributed by atoms with E-state index in [4.69, 9.17) is 18.9 Å². The van der Waals surface area contributed by atoms with Crippen LogP contribution in [0.1, 0.15) is 27.7 Å². The van der Waals surface area contributed by atoms with Crippen molar-refractivity contribution in [3.05, 3.63) is 0 Å². The molecule has 2 rings (SSSR count). The van der Waals surface area contributed by atoms with Crippen LogP contribution in [0.4, 0.5) is 0 Å². The smallest absolute Gasteiger partial charge is 0.325 e. The lowest BCUT2D eigenvalue weighted by atomic mass is 10.1. The van der Waals surface area contributed by atoms with Gasteiger partial charge < -0.3 is 29.6 Å². The summed E-state index contributed by atoms with van der Waals surface area (Å²) in [6.45, 7) is 6.62. The molecule has 2 fully saturated rings. The molecule has 0 unspecified atom stereocenters. The predicted molar refractivity (Wildman–Crippen MR) is 94.9 cm³/mol. The Hall–Kier alpha value is -2.20. The zero-order valence-electron chi connectivity index (χ0n) is 16.6. The molecular weight excluding hydrogens is 372 g/mol. The zero-order valence-corrected chi connectivity index (χ0v) is 16.6. The Balaban J connectivity index is 1.75. The molecule has 0 aromatic rings. The molecule has 2 saturated heterocycles. The second-order valence-corrected chi connectivity index (χ2v) is 7.40. The fourth-order valence-corrected chi connectivity index (χ4v) is 2.78. The van der Waals surface area contributed by atoms with Gasteiger partial charge in [-0.05, 0) is 0 Å². The summed E-state index contributed by atoms with van der Waals surface area (Å²) in [4.78, 5) is 46.8. The molecule has 2 amide bonds. The summed E-state index contributed by atoms with van der Waals surface area (Å²) in [6.07, 6.45) is -2.38. The van der Waals surface area contributed by atoms with E-state index in [9.17, 15) is 19.2 Å². The van der Waals surface area contributed by atoms with Gasteiger partial charge >= 0.3 is 11.9 Å². The van der Waals surface area contributed by atoms with E-state index in [1.165, 1.54) is 0 Å². The van der Waals surface area contributed by atoms with Gasteiger partial charge in [0.1, 0.15) is 25.3 Å². The topological polar surface area (TPSA) is 129 Å². The van der Waals surface area contributed by atoms with Gasteiger partial charge in [0.05, 0.1) is 13.2 Å². The second kappa shape index (κ2) is 9.83. The Morgan fingerprint density at radius 2 is 1.14 bits per heavy atom. The molecule has 2 aliphatic heterocycles. The fourth-order valence-electron chi connectivity index (χ4n) is 2.78. The van der Waals surface area contributed by atoms with Crippen molar-refractivity contribution in [2.45, 2.75) is 52.1 Å². The molecule has 2 N–H and O–H groups in total. The molecule has 2 heterocycles. The molecule has 4 atom stereocenters. The molecule has 0 aliphatic carbocycles. The Morgan fingerprint density at radius 3 is 1.46 bits per heavy atom. The Labute approximate surface area is 163 Å². The summed E-state index contributed by atoms with van der Waals surface area (Å²) in [5, 5.41) is 4.96. The minimum absolute atomic E-state index is 0.108. The lowest BCUT2D eigenvalue weighted by molar-refractivity contribution is -0.155. The average Bonchev–Trinajstić information content (AvgIpc) is 3.21. The summed E-state index contributed by atoms with van der Waals surface area (Å²) in [7, 11) is 0. The molecule has 158 valence electrons. The van der Waals surface area contributed by atoms with E-state index in [0.717, 1.165) is 0 Å². The second-order valence-electron chi connectivity index (χ2n) is 7.40. The number of carbonyl (C=O) groups excluding carboxylic acids is 4. The van der Waals surface area contributed by atoms with Crippen molar-refractivity contribution < 1.29 is 38.1 Å². The number of ether oxygens (including phenoxy) is 4. The normalized spacial score (nSPS) is 26.1. The maximum atomic E-state index is 11.9. The fraction of sp³-hybridized carbons (Fsp3) is 0.778. The van der Waals surface area contributed by atoms with Crippen LogP contribution >= 0.6 is 0 Å². The molecule has 0 saturated carbocycles. The van der Waals surface area contributed by atoms with Crippen molar-refractivity contribution in [2.75, 3.05) is 26.3 Å². The van der Waals surface area contributed by atoms with Crippen LogP contribution in [0.3, 0.4) is 0 Å². The van der Waals surface area contributed by atoms with E-state index >= 15 is 0 Å². The highest BCUT2D eigenvalue weighted by Crippen LogP contribution is 2.30. The van der Waals surface area contributed by atoms with Crippen molar-refractivity contribution in [1.29, 1.82) is 0 Å². The maximum absolute atomic E-state index is 11.9. The molecule has 10 nitrogen and oxygen atoms in total. The van der Waals surface area contributed by atoms with Gasteiger partial charge in [0.2, 0.25) is 11.8 Å². The highest BCUT2D eigenvalue weighted by molar-refractivity contribution is 5.83. The number of fused-ring (bicyclic) bond motifs is 1. The Kier molecular flexibility index (Phi) is 7.76. The molecule has 10 heteroatoms. The SMILES string of the molecule is CC(C)C(=O)NCC(=O)O[C@@H]1CO[C@H]2[C@@H]1OC[C@H]2OC(=O)CNC(=O)C(C)C. The van der Waals surface area contributed by atoms with Gasteiger partial charge in [-0.1, -0.05) is 27.7 Å². The molecule has 2 aliphatic rings. The van der Waals surface area contributed by atoms with Crippen molar-refractivity contribution in [1.82, 2.24) is 10.6 Å². The van der Waals surface area contributed by atoms with E-state index in [2.05, 4.69) is 10.6 Å².